The van der Waals surface area contributed by atoms with Gasteiger partial charge in [-0.05, 0) is 30.7 Å². The zero-order valence-corrected chi connectivity index (χ0v) is 15.9. The number of ether oxygens (including phenoxy) is 2. The highest BCUT2D eigenvalue weighted by Gasteiger charge is 2.19. The van der Waals surface area contributed by atoms with Crippen molar-refractivity contribution in [2.24, 2.45) is 0 Å². The van der Waals surface area contributed by atoms with Crippen LogP contribution >= 0.6 is 0 Å². The molecule has 1 unspecified atom stereocenters. The molecular weight excluding hydrogens is 376 g/mol. The summed E-state index contributed by atoms with van der Waals surface area (Å²) in [6.45, 7) is 3.00. The Morgan fingerprint density at radius 2 is 1.97 bits per heavy atom. The average molecular weight is 398 g/mol. The first-order chi connectivity index (χ1) is 14.0. The fourth-order valence-corrected chi connectivity index (χ4v) is 2.93. The van der Waals surface area contributed by atoms with Crippen LogP contribution in [0, 0.1) is 0 Å². The molecule has 0 radical (unpaired) electrons. The fourth-order valence-electron chi connectivity index (χ4n) is 2.93. The zero-order chi connectivity index (χ0) is 21.0. The summed E-state index contributed by atoms with van der Waals surface area (Å²) in [6, 6.07) is 9.81. The van der Waals surface area contributed by atoms with E-state index >= 15 is 0 Å². The Balaban J connectivity index is 2.14. The Bertz CT molecular complexity index is 1070. The lowest BCUT2D eigenvalue weighted by Gasteiger charge is -2.16. The molecule has 1 atom stereocenters. The van der Waals surface area contributed by atoms with Gasteiger partial charge in [0.2, 0.25) is 0 Å². The summed E-state index contributed by atoms with van der Waals surface area (Å²) in [5.74, 6) is 0.965. The lowest BCUT2D eigenvalue weighted by Crippen LogP contribution is -2.21. The molecule has 0 aliphatic carbocycles. The standard InChI is InChI=1S/C22H22O7/c1-3-4-16-19(28-12-14(24)11-23)10-20-21(22(16)26)17(25)9-18(29-20)13-5-7-15(27-2)8-6-13/h3,5-10,14,23-24,26H,1,4,11-12H2,2H3. The van der Waals surface area contributed by atoms with Gasteiger partial charge in [0.05, 0.1) is 13.7 Å². The molecule has 0 spiro atoms. The van der Waals surface area contributed by atoms with Gasteiger partial charge < -0.3 is 29.2 Å². The van der Waals surface area contributed by atoms with Crippen molar-refractivity contribution in [1.82, 2.24) is 0 Å². The van der Waals surface area contributed by atoms with Crippen LogP contribution in [0.1, 0.15) is 5.56 Å². The molecule has 29 heavy (non-hydrogen) atoms. The highest BCUT2D eigenvalue weighted by molar-refractivity contribution is 5.88. The fraction of sp³-hybridized carbons (Fsp3) is 0.227. The lowest BCUT2D eigenvalue weighted by molar-refractivity contribution is 0.0533. The van der Waals surface area contributed by atoms with Crippen LogP contribution in [0.4, 0.5) is 0 Å². The van der Waals surface area contributed by atoms with Crippen molar-refractivity contribution >= 4 is 11.0 Å². The van der Waals surface area contributed by atoms with Gasteiger partial charge in [-0.25, -0.2) is 0 Å². The SMILES string of the molecule is C=CCc1c(OCC(O)CO)cc2oc(-c3ccc(OC)cc3)cc(=O)c2c1O. The van der Waals surface area contributed by atoms with E-state index in [4.69, 9.17) is 19.0 Å². The summed E-state index contributed by atoms with van der Waals surface area (Å²) < 4.78 is 16.6. The van der Waals surface area contributed by atoms with Crippen molar-refractivity contribution in [1.29, 1.82) is 0 Å². The van der Waals surface area contributed by atoms with Crippen molar-refractivity contribution in [3.63, 3.8) is 0 Å². The minimum Gasteiger partial charge on any atom is -0.507 e. The quantitative estimate of drug-likeness (QED) is 0.501. The molecule has 152 valence electrons. The summed E-state index contributed by atoms with van der Waals surface area (Å²) in [5, 5.41) is 29.3. The van der Waals surface area contributed by atoms with E-state index in [0.717, 1.165) is 0 Å². The number of hydrogen-bond acceptors (Lipinski definition) is 7. The molecule has 1 heterocycles. The minimum atomic E-state index is -1.08. The average Bonchev–Trinajstić information content (AvgIpc) is 2.73. The maximum absolute atomic E-state index is 12.7. The molecule has 3 aromatic rings. The molecule has 0 fully saturated rings. The summed E-state index contributed by atoms with van der Waals surface area (Å²) in [6.07, 6.45) is 0.720. The first kappa shape index (κ1) is 20.4. The minimum absolute atomic E-state index is 0.0363. The van der Waals surface area contributed by atoms with Gasteiger partial charge in [-0.1, -0.05) is 6.08 Å². The lowest BCUT2D eigenvalue weighted by atomic mass is 10.0. The van der Waals surface area contributed by atoms with Crippen LogP contribution < -0.4 is 14.9 Å². The molecule has 3 N–H and O–H groups in total. The molecule has 0 saturated carbocycles. The molecule has 2 aromatic carbocycles. The molecule has 1 aromatic heterocycles. The third-order valence-electron chi connectivity index (χ3n) is 4.42. The van der Waals surface area contributed by atoms with E-state index in [1.807, 2.05) is 0 Å². The molecule has 0 bridgehead atoms. The summed E-state index contributed by atoms with van der Waals surface area (Å²) in [4.78, 5) is 12.7. The predicted molar refractivity (Wildman–Crippen MR) is 109 cm³/mol. The van der Waals surface area contributed by atoms with Crippen LogP contribution in [-0.4, -0.2) is 41.7 Å². The number of hydrogen-bond donors (Lipinski definition) is 3. The number of methoxy groups -OCH3 is 1. The monoisotopic (exact) mass is 398 g/mol. The molecule has 0 aliphatic heterocycles. The molecule has 7 heteroatoms. The second-order valence-electron chi connectivity index (χ2n) is 6.42. The van der Waals surface area contributed by atoms with Crippen LogP contribution in [0.25, 0.3) is 22.3 Å². The van der Waals surface area contributed by atoms with Crippen molar-refractivity contribution in [2.75, 3.05) is 20.3 Å². The van der Waals surface area contributed by atoms with Crippen molar-refractivity contribution in [3.8, 4) is 28.6 Å². The van der Waals surface area contributed by atoms with Crippen LogP contribution in [0.2, 0.25) is 0 Å². The van der Waals surface area contributed by atoms with Gasteiger partial charge in [0.1, 0.15) is 46.7 Å². The van der Waals surface area contributed by atoms with Gasteiger partial charge in [-0.3, -0.25) is 4.79 Å². The molecule has 0 saturated heterocycles. The number of phenolic OH excluding ortho intramolecular Hbond substituents is 1. The predicted octanol–water partition coefficient (Wildman–Crippen LogP) is 2.63. The topological polar surface area (TPSA) is 109 Å². The smallest absolute Gasteiger partial charge is 0.197 e. The Morgan fingerprint density at radius 1 is 1.24 bits per heavy atom. The highest BCUT2D eigenvalue weighted by atomic mass is 16.5. The number of allylic oxidation sites excluding steroid dienone is 1. The van der Waals surface area contributed by atoms with Gasteiger partial charge >= 0.3 is 0 Å². The molecule has 0 amide bonds. The zero-order valence-electron chi connectivity index (χ0n) is 15.9. The number of fused-ring (bicyclic) bond motifs is 1. The third-order valence-corrected chi connectivity index (χ3v) is 4.42. The first-order valence-electron chi connectivity index (χ1n) is 8.98. The van der Waals surface area contributed by atoms with Gasteiger partial charge in [0, 0.05) is 23.3 Å². The second kappa shape index (κ2) is 8.81. The Hall–Kier alpha value is -3.29. The van der Waals surface area contributed by atoms with E-state index < -0.39 is 18.1 Å². The first-order valence-corrected chi connectivity index (χ1v) is 8.98. The van der Waals surface area contributed by atoms with E-state index in [0.29, 0.717) is 22.6 Å². The van der Waals surface area contributed by atoms with E-state index in [2.05, 4.69) is 6.58 Å². The van der Waals surface area contributed by atoms with E-state index in [1.165, 1.54) is 12.1 Å². The molecule has 7 nitrogen and oxygen atoms in total. The van der Waals surface area contributed by atoms with Gasteiger partial charge in [0.15, 0.2) is 5.43 Å². The highest BCUT2D eigenvalue weighted by Crippen LogP contribution is 2.37. The maximum Gasteiger partial charge on any atom is 0.197 e. The number of rotatable bonds is 8. The van der Waals surface area contributed by atoms with E-state index in [-0.39, 0.29) is 35.5 Å². The molecule has 0 aliphatic rings. The maximum atomic E-state index is 12.7. The number of phenols is 1. The largest absolute Gasteiger partial charge is 0.507 e. The van der Waals surface area contributed by atoms with E-state index in [1.54, 1.807) is 37.5 Å². The summed E-state index contributed by atoms with van der Waals surface area (Å²) in [5.41, 5.74) is 0.753. The second-order valence-corrected chi connectivity index (χ2v) is 6.42. The van der Waals surface area contributed by atoms with Crippen molar-refractivity contribution in [3.05, 3.63) is 64.8 Å². The van der Waals surface area contributed by atoms with Gasteiger partial charge in [-0.2, -0.15) is 0 Å². The van der Waals surface area contributed by atoms with Crippen LogP contribution in [-0.2, 0) is 6.42 Å². The van der Waals surface area contributed by atoms with Gasteiger partial charge in [-0.15, -0.1) is 6.58 Å². The Kier molecular flexibility index (Phi) is 6.21. The number of aliphatic hydroxyl groups excluding tert-OH is 2. The van der Waals surface area contributed by atoms with Crippen molar-refractivity contribution in [2.45, 2.75) is 12.5 Å². The normalized spacial score (nSPS) is 12.0. The summed E-state index contributed by atoms with van der Waals surface area (Å²) in [7, 11) is 1.56. The van der Waals surface area contributed by atoms with Crippen LogP contribution in [0.5, 0.6) is 17.2 Å². The van der Waals surface area contributed by atoms with Crippen LogP contribution in [0.3, 0.4) is 0 Å². The number of aliphatic hydroxyl groups is 2. The Labute approximate surface area is 167 Å². The van der Waals surface area contributed by atoms with Gasteiger partial charge in [0.25, 0.3) is 0 Å². The molecular formula is C22H22O7. The number of benzene rings is 2. The van der Waals surface area contributed by atoms with Crippen LogP contribution in [0.15, 0.2) is 58.3 Å². The molecule has 3 rings (SSSR count). The van der Waals surface area contributed by atoms with E-state index in [9.17, 15) is 15.0 Å². The third kappa shape index (κ3) is 4.26. The number of aromatic hydroxyl groups is 1. The Morgan fingerprint density at radius 3 is 2.59 bits per heavy atom. The summed E-state index contributed by atoms with van der Waals surface area (Å²) >= 11 is 0. The van der Waals surface area contributed by atoms with Crippen molar-refractivity contribution < 1.29 is 29.2 Å².